The number of carbonyl (C=O) groups excluding carboxylic acids is 2. The number of carboxylic acid groups (broad SMARTS) is 1. The monoisotopic (exact) mass is 282 g/mol. The number of hydrogen-bond donors (Lipinski definition) is 1. The largest absolute Gasteiger partial charge is 0.478 e. The van der Waals surface area contributed by atoms with Gasteiger partial charge in [-0.15, -0.1) is 0 Å². The van der Waals surface area contributed by atoms with E-state index in [1.165, 1.54) is 29.8 Å². The second-order valence-corrected chi connectivity index (χ2v) is 4.61. The minimum atomic E-state index is -1.07. The van der Waals surface area contributed by atoms with Crippen LogP contribution in [0.25, 0.3) is 0 Å². The Labute approximate surface area is 116 Å². The van der Waals surface area contributed by atoms with Crippen molar-refractivity contribution in [3.8, 4) is 0 Å². The van der Waals surface area contributed by atoms with E-state index in [0.29, 0.717) is 11.5 Å². The fourth-order valence-electron chi connectivity index (χ4n) is 1.59. The van der Waals surface area contributed by atoms with Crippen LogP contribution in [0.5, 0.6) is 0 Å². The van der Waals surface area contributed by atoms with E-state index in [4.69, 9.17) is 9.52 Å². The standard InChI is InChI=1S/C13H18N2O5/c1-8-11(13(18)19)5-10(20-8)6-15(4)12(17)7-14(3)9(2)16/h5H,6-7H2,1-4H3,(H,18,19). The molecule has 20 heavy (non-hydrogen) atoms. The zero-order chi connectivity index (χ0) is 15.4. The van der Waals surface area contributed by atoms with Crippen molar-refractivity contribution in [1.82, 2.24) is 9.80 Å². The maximum absolute atomic E-state index is 11.9. The molecule has 1 N–H and O–H groups in total. The highest BCUT2D eigenvalue weighted by Gasteiger charge is 2.18. The number of carbonyl (C=O) groups is 3. The second-order valence-electron chi connectivity index (χ2n) is 4.61. The number of furan rings is 1. The molecule has 1 rings (SSSR count). The van der Waals surface area contributed by atoms with Gasteiger partial charge in [0.05, 0.1) is 13.1 Å². The van der Waals surface area contributed by atoms with Gasteiger partial charge in [-0.3, -0.25) is 9.59 Å². The Bertz CT molecular complexity index is 535. The average Bonchev–Trinajstić information content (AvgIpc) is 2.69. The Kier molecular flexibility index (Phi) is 4.90. The molecule has 1 aromatic rings. The maximum Gasteiger partial charge on any atom is 0.339 e. The summed E-state index contributed by atoms with van der Waals surface area (Å²) in [5.41, 5.74) is 0.0849. The fraction of sp³-hybridized carbons (Fsp3) is 0.462. The van der Waals surface area contributed by atoms with Crippen LogP contribution in [0, 0.1) is 6.92 Å². The molecule has 1 aromatic heterocycles. The summed E-state index contributed by atoms with van der Waals surface area (Å²) < 4.78 is 5.29. The predicted molar refractivity (Wildman–Crippen MR) is 70.2 cm³/mol. The van der Waals surface area contributed by atoms with Crippen molar-refractivity contribution in [2.45, 2.75) is 20.4 Å². The van der Waals surface area contributed by atoms with E-state index in [9.17, 15) is 14.4 Å². The van der Waals surface area contributed by atoms with Gasteiger partial charge in [0, 0.05) is 21.0 Å². The van der Waals surface area contributed by atoms with Crippen LogP contribution in [0.15, 0.2) is 10.5 Å². The molecule has 0 aliphatic rings. The number of aromatic carboxylic acids is 1. The molecule has 0 fully saturated rings. The Morgan fingerprint density at radius 1 is 1.25 bits per heavy atom. The number of nitrogens with zero attached hydrogens (tertiary/aromatic N) is 2. The van der Waals surface area contributed by atoms with E-state index in [1.807, 2.05) is 0 Å². The van der Waals surface area contributed by atoms with E-state index < -0.39 is 5.97 Å². The summed E-state index contributed by atoms with van der Waals surface area (Å²) in [6.07, 6.45) is 0. The lowest BCUT2D eigenvalue weighted by Gasteiger charge is -2.20. The lowest BCUT2D eigenvalue weighted by Crippen LogP contribution is -2.38. The first kappa shape index (κ1) is 15.7. The minimum absolute atomic E-state index is 0.0304. The zero-order valence-electron chi connectivity index (χ0n) is 12.0. The van der Waals surface area contributed by atoms with Gasteiger partial charge in [0.15, 0.2) is 0 Å². The molecule has 0 aliphatic carbocycles. The highest BCUT2D eigenvalue weighted by Crippen LogP contribution is 2.16. The lowest BCUT2D eigenvalue weighted by atomic mass is 10.2. The quantitative estimate of drug-likeness (QED) is 0.859. The molecular formula is C13H18N2O5. The van der Waals surface area contributed by atoms with Gasteiger partial charge >= 0.3 is 5.97 Å². The van der Waals surface area contributed by atoms with E-state index in [0.717, 1.165) is 0 Å². The highest BCUT2D eigenvalue weighted by atomic mass is 16.4. The summed E-state index contributed by atoms with van der Waals surface area (Å²) in [5, 5.41) is 8.92. The minimum Gasteiger partial charge on any atom is -0.478 e. The summed E-state index contributed by atoms with van der Waals surface area (Å²) >= 11 is 0. The SMILES string of the molecule is CC(=O)N(C)CC(=O)N(C)Cc1cc(C(=O)O)c(C)o1. The molecule has 0 atom stereocenters. The van der Waals surface area contributed by atoms with Crippen molar-refractivity contribution in [2.75, 3.05) is 20.6 Å². The van der Waals surface area contributed by atoms with Gasteiger partial charge in [-0.2, -0.15) is 0 Å². The average molecular weight is 282 g/mol. The molecule has 7 nitrogen and oxygen atoms in total. The topological polar surface area (TPSA) is 91.1 Å². The number of likely N-dealkylation sites (N-methyl/N-ethyl adjacent to an activating group) is 2. The molecular weight excluding hydrogens is 264 g/mol. The first-order chi connectivity index (χ1) is 9.22. The first-order valence-corrected chi connectivity index (χ1v) is 6.00. The number of hydrogen-bond acceptors (Lipinski definition) is 4. The van der Waals surface area contributed by atoms with Crippen LogP contribution in [0.1, 0.15) is 28.8 Å². The third kappa shape index (κ3) is 3.84. The number of rotatable bonds is 5. The molecule has 1 heterocycles. The van der Waals surface area contributed by atoms with Gasteiger partial charge in [0.2, 0.25) is 11.8 Å². The lowest BCUT2D eigenvalue weighted by molar-refractivity contribution is -0.138. The smallest absolute Gasteiger partial charge is 0.339 e. The summed E-state index contributed by atoms with van der Waals surface area (Å²) in [5.74, 6) is -0.833. The van der Waals surface area contributed by atoms with E-state index in [-0.39, 0.29) is 30.5 Å². The summed E-state index contributed by atoms with van der Waals surface area (Å²) in [4.78, 5) is 36.5. The highest BCUT2D eigenvalue weighted by molar-refractivity contribution is 5.89. The van der Waals surface area contributed by atoms with Crippen LogP contribution < -0.4 is 0 Å². The van der Waals surface area contributed by atoms with Crippen molar-refractivity contribution in [3.05, 3.63) is 23.2 Å². The predicted octanol–water partition coefficient (Wildman–Crippen LogP) is 0.723. The molecule has 2 amide bonds. The molecule has 7 heteroatoms. The maximum atomic E-state index is 11.9. The second kappa shape index (κ2) is 6.23. The van der Waals surface area contributed by atoms with Crippen molar-refractivity contribution < 1.29 is 23.9 Å². The van der Waals surface area contributed by atoms with Crippen LogP contribution in [0.3, 0.4) is 0 Å². The van der Waals surface area contributed by atoms with Crippen LogP contribution in [-0.4, -0.2) is 53.3 Å². The van der Waals surface area contributed by atoms with Gasteiger partial charge in [-0.05, 0) is 13.0 Å². The third-order valence-electron chi connectivity index (χ3n) is 2.93. The van der Waals surface area contributed by atoms with Gasteiger partial charge in [0.25, 0.3) is 0 Å². The summed E-state index contributed by atoms with van der Waals surface area (Å²) in [6.45, 7) is 3.05. The van der Waals surface area contributed by atoms with Crippen LogP contribution in [0.2, 0.25) is 0 Å². The van der Waals surface area contributed by atoms with Crippen molar-refractivity contribution in [2.24, 2.45) is 0 Å². The van der Waals surface area contributed by atoms with E-state index >= 15 is 0 Å². The molecule has 0 bridgehead atoms. The van der Waals surface area contributed by atoms with Crippen LogP contribution in [-0.2, 0) is 16.1 Å². The molecule has 0 unspecified atom stereocenters. The van der Waals surface area contributed by atoms with Gasteiger partial charge in [-0.25, -0.2) is 4.79 Å². The number of carboxylic acids is 1. The normalized spacial score (nSPS) is 10.2. The number of amides is 2. The Morgan fingerprint density at radius 2 is 1.85 bits per heavy atom. The molecule has 0 spiro atoms. The molecule has 0 aliphatic heterocycles. The Morgan fingerprint density at radius 3 is 2.30 bits per heavy atom. The molecule has 0 saturated heterocycles. The number of aryl methyl sites for hydroxylation is 1. The molecule has 0 radical (unpaired) electrons. The Balaban J connectivity index is 2.68. The van der Waals surface area contributed by atoms with Crippen molar-refractivity contribution in [3.63, 3.8) is 0 Å². The van der Waals surface area contributed by atoms with Crippen LogP contribution in [0.4, 0.5) is 0 Å². The Hall–Kier alpha value is -2.31. The molecule has 110 valence electrons. The van der Waals surface area contributed by atoms with Crippen LogP contribution >= 0.6 is 0 Å². The fourth-order valence-corrected chi connectivity index (χ4v) is 1.59. The summed E-state index contributed by atoms with van der Waals surface area (Å²) in [6, 6.07) is 1.40. The third-order valence-corrected chi connectivity index (χ3v) is 2.93. The zero-order valence-corrected chi connectivity index (χ0v) is 12.0. The molecule has 0 saturated carbocycles. The van der Waals surface area contributed by atoms with E-state index in [1.54, 1.807) is 14.0 Å². The van der Waals surface area contributed by atoms with Crippen molar-refractivity contribution >= 4 is 17.8 Å². The molecule has 0 aromatic carbocycles. The van der Waals surface area contributed by atoms with Gasteiger partial charge in [0.1, 0.15) is 17.1 Å². The van der Waals surface area contributed by atoms with E-state index in [2.05, 4.69) is 0 Å². The van der Waals surface area contributed by atoms with Crippen molar-refractivity contribution in [1.29, 1.82) is 0 Å². The first-order valence-electron chi connectivity index (χ1n) is 6.00. The van der Waals surface area contributed by atoms with Gasteiger partial charge in [-0.1, -0.05) is 0 Å². The summed E-state index contributed by atoms with van der Waals surface area (Å²) in [7, 11) is 3.10. The van der Waals surface area contributed by atoms with Gasteiger partial charge < -0.3 is 19.3 Å².